The molecule has 3 aromatic rings. The lowest BCUT2D eigenvalue weighted by Gasteiger charge is -2.27. The third-order valence-electron chi connectivity index (χ3n) is 5.63. The third kappa shape index (κ3) is 5.23. The van der Waals surface area contributed by atoms with Crippen LogP contribution in [0.4, 0.5) is 23.0 Å². The number of nitriles is 2. The molecule has 0 spiro atoms. The summed E-state index contributed by atoms with van der Waals surface area (Å²) in [5.74, 6) is 0.574. The maximum Gasteiger partial charge on any atom is 0.262 e. The third-order valence-corrected chi connectivity index (χ3v) is 6.32. The SMILES string of the molecule is COc1cc(C2N=C(NC#N)Nc3nc(N)c(C#N)c(N)c32)c(Br)cc1OCC(=O)Nc1ccc(C)cc1. The van der Waals surface area contributed by atoms with Crippen LogP contribution in [0.5, 0.6) is 11.5 Å². The highest BCUT2D eigenvalue weighted by molar-refractivity contribution is 9.10. The summed E-state index contributed by atoms with van der Waals surface area (Å²) in [5.41, 5.74) is 15.0. The maximum atomic E-state index is 12.4. The highest BCUT2D eigenvalue weighted by Gasteiger charge is 2.31. The van der Waals surface area contributed by atoms with Crippen molar-refractivity contribution in [2.45, 2.75) is 13.0 Å². The van der Waals surface area contributed by atoms with Crippen molar-refractivity contribution in [3.63, 3.8) is 0 Å². The van der Waals surface area contributed by atoms with Gasteiger partial charge in [-0.15, -0.1) is 0 Å². The zero-order valence-corrected chi connectivity index (χ0v) is 21.9. The monoisotopic (exact) mass is 575 g/mol. The van der Waals surface area contributed by atoms with Gasteiger partial charge in [-0.05, 0) is 36.8 Å². The molecule has 1 unspecified atom stereocenters. The molecule has 12 nitrogen and oxygen atoms in total. The molecule has 0 fully saturated rings. The standard InChI is InChI=1S/C25H22BrN9O3/c1-12-3-5-13(6-4-12)32-19(36)10-38-18-8-16(26)14(7-17(18)37-2)22-20-21(29)15(9-27)23(30)34-24(20)35-25(33-22)31-11-28/h3-8,22H,10H2,1-2H3,(H,32,36)(H6,29,30,31,33,34,35). The number of anilines is 4. The van der Waals surface area contributed by atoms with Gasteiger partial charge in [-0.1, -0.05) is 33.6 Å². The summed E-state index contributed by atoms with van der Waals surface area (Å²) in [5, 5.41) is 26.7. The van der Waals surface area contributed by atoms with Gasteiger partial charge >= 0.3 is 0 Å². The number of benzene rings is 2. The smallest absolute Gasteiger partial charge is 0.262 e. The van der Waals surface area contributed by atoms with Crippen LogP contribution in [-0.2, 0) is 4.79 Å². The first-order chi connectivity index (χ1) is 18.2. The van der Waals surface area contributed by atoms with Gasteiger partial charge < -0.3 is 31.6 Å². The number of aromatic nitrogens is 1. The number of rotatable bonds is 6. The van der Waals surface area contributed by atoms with E-state index in [4.69, 9.17) is 26.2 Å². The molecule has 0 radical (unpaired) electrons. The van der Waals surface area contributed by atoms with Crippen LogP contribution in [0, 0.1) is 29.7 Å². The van der Waals surface area contributed by atoms with E-state index in [9.17, 15) is 10.1 Å². The number of aliphatic imine (C=N–C) groups is 1. The Morgan fingerprint density at radius 3 is 2.61 bits per heavy atom. The number of hydrogen-bond acceptors (Lipinski definition) is 11. The molecule has 4 rings (SSSR count). The lowest BCUT2D eigenvalue weighted by atomic mass is 9.95. The molecule has 1 aromatic heterocycles. The normalized spacial score (nSPS) is 13.6. The van der Waals surface area contributed by atoms with Crippen molar-refractivity contribution in [2.75, 3.05) is 35.8 Å². The van der Waals surface area contributed by atoms with E-state index in [-0.39, 0.29) is 41.4 Å². The number of guanidine groups is 1. The maximum absolute atomic E-state index is 12.4. The predicted molar refractivity (Wildman–Crippen MR) is 145 cm³/mol. The van der Waals surface area contributed by atoms with Gasteiger partial charge in [0.2, 0.25) is 5.96 Å². The molecule has 0 bridgehead atoms. The van der Waals surface area contributed by atoms with Crippen LogP contribution in [0.2, 0.25) is 0 Å². The summed E-state index contributed by atoms with van der Waals surface area (Å²) in [6.07, 6.45) is 1.81. The molecule has 2 aromatic carbocycles. The average molecular weight is 576 g/mol. The van der Waals surface area contributed by atoms with Gasteiger partial charge in [0.05, 0.1) is 12.8 Å². The number of carbonyl (C=O) groups excluding carboxylic acids is 1. The van der Waals surface area contributed by atoms with Crippen LogP contribution in [-0.4, -0.2) is 30.6 Å². The number of ether oxygens (including phenoxy) is 2. The zero-order chi connectivity index (χ0) is 27.4. The fourth-order valence-corrected chi connectivity index (χ4v) is 4.36. The first-order valence-corrected chi connectivity index (χ1v) is 11.9. The fraction of sp³-hybridized carbons (Fsp3) is 0.160. The highest BCUT2D eigenvalue weighted by atomic mass is 79.9. The van der Waals surface area contributed by atoms with Crippen molar-refractivity contribution in [3.05, 3.63) is 63.1 Å². The lowest BCUT2D eigenvalue weighted by molar-refractivity contribution is -0.118. The Bertz CT molecular complexity index is 1530. The van der Waals surface area contributed by atoms with Crippen LogP contribution in [0.3, 0.4) is 0 Å². The second-order valence-electron chi connectivity index (χ2n) is 8.13. The number of aryl methyl sites for hydroxylation is 1. The average Bonchev–Trinajstić information content (AvgIpc) is 2.88. The number of methoxy groups -OCH3 is 1. The van der Waals surface area contributed by atoms with Crippen molar-refractivity contribution in [3.8, 4) is 23.8 Å². The number of amides is 1. The minimum Gasteiger partial charge on any atom is -0.493 e. The molecule has 13 heteroatoms. The van der Waals surface area contributed by atoms with Crippen LogP contribution >= 0.6 is 15.9 Å². The summed E-state index contributed by atoms with van der Waals surface area (Å²) in [6.45, 7) is 1.70. The Labute approximate surface area is 226 Å². The van der Waals surface area contributed by atoms with Gasteiger partial charge in [-0.2, -0.15) is 10.5 Å². The molecule has 1 amide bonds. The second-order valence-corrected chi connectivity index (χ2v) is 8.98. The molecule has 1 aliphatic rings. The highest BCUT2D eigenvalue weighted by Crippen LogP contribution is 2.45. The van der Waals surface area contributed by atoms with E-state index in [1.165, 1.54) is 7.11 Å². The molecule has 7 N–H and O–H groups in total. The molecule has 0 saturated carbocycles. The first kappa shape index (κ1) is 26.1. The summed E-state index contributed by atoms with van der Waals surface area (Å²) >= 11 is 3.54. The Morgan fingerprint density at radius 1 is 1.21 bits per heavy atom. The lowest BCUT2D eigenvalue weighted by Crippen LogP contribution is -2.32. The van der Waals surface area contributed by atoms with Crippen molar-refractivity contribution < 1.29 is 14.3 Å². The van der Waals surface area contributed by atoms with Gasteiger partial charge in [0, 0.05) is 15.7 Å². The molecule has 2 heterocycles. The number of hydrogen-bond donors (Lipinski definition) is 5. The van der Waals surface area contributed by atoms with Gasteiger partial charge in [-0.3, -0.25) is 10.1 Å². The van der Waals surface area contributed by atoms with Crippen molar-refractivity contribution in [1.82, 2.24) is 10.3 Å². The quantitative estimate of drug-likeness (QED) is 0.215. The number of nitrogens with one attached hydrogen (secondary N) is 3. The summed E-state index contributed by atoms with van der Waals surface area (Å²) in [7, 11) is 1.46. The van der Waals surface area contributed by atoms with Crippen LogP contribution < -0.4 is 36.9 Å². The van der Waals surface area contributed by atoms with E-state index in [1.54, 1.807) is 30.5 Å². The van der Waals surface area contributed by atoms with Crippen LogP contribution in [0.25, 0.3) is 0 Å². The minimum atomic E-state index is -0.801. The Kier molecular flexibility index (Phi) is 7.50. The summed E-state index contributed by atoms with van der Waals surface area (Å²) in [4.78, 5) is 21.2. The van der Waals surface area contributed by atoms with Gasteiger partial charge in [0.1, 0.15) is 29.3 Å². The molecule has 1 aliphatic heterocycles. The number of nitrogens with two attached hydrogens (primary N) is 2. The van der Waals surface area contributed by atoms with E-state index in [2.05, 4.69) is 41.9 Å². The van der Waals surface area contributed by atoms with Crippen LogP contribution in [0.15, 0.2) is 45.9 Å². The van der Waals surface area contributed by atoms with E-state index in [0.717, 1.165) is 5.56 Å². The molecular weight excluding hydrogens is 554 g/mol. The molecule has 0 aliphatic carbocycles. The van der Waals surface area contributed by atoms with Gasteiger partial charge in [0.25, 0.3) is 5.91 Å². The molecule has 38 heavy (non-hydrogen) atoms. The van der Waals surface area contributed by atoms with E-state index in [0.29, 0.717) is 32.8 Å². The van der Waals surface area contributed by atoms with Crippen LogP contribution in [0.1, 0.15) is 28.3 Å². The zero-order valence-electron chi connectivity index (χ0n) is 20.3. The van der Waals surface area contributed by atoms with Crippen molar-refractivity contribution in [2.24, 2.45) is 4.99 Å². The number of halogens is 1. The minimum absolute atomic E-state index is 0.0186. The number of carbonyl (C=O) groups is 1. The first-order valence-electron chi connectivity index (χ1n) is 11.1. The molecule has 192 valence electrons. The topological polar surface area (TPSA) is 196 Å². The van der Waals surface area contributed by atoms with E-state index in [1.807, 2.05) is 25.1 Å². The Hall–Kier alpha value is -5.01. The molecule has 0 saturated heterocycles. The predicted octanol–water partition coefficient (Wildman–Crippen LogP) is 3.16. The summed E-state index contributed by atoms with van der Waals surface area (Å²) < 4.78 is 11.8. The Balaban J connectivity index is 1.67. The number of nitrogen functional groups attached to an aromatic ring is 2. The largest absolute Gasteiger partial charge is 0.493 e. The van der Waals surface area contributed by atoms with E-state index < -0.39 is 6.04 Å². The van der Waals surface area contributed by atoms with E-state index >= 15 is 0 Å². The number of nitrogens with zero attached hydrogens (tertiary/aromatic N) is 4. The fourth-order valence-electron chi connectivity index (χ4n) is 3.82. The second kappa shape index (κ2) is 10.9. The Morgan fingerprint density at radius 2 is 1.95 bits per heavy atom. The van der Waals surface area contributed by atoms with Crippen molar-refractivity contribution in [1.29, 1.82) is 10.5 Å². The number of pyridine rings is 1. The van der Waals surface area contributed by atoms with Gasteiger partial charge in [0.15, 0.2) is 24.3 Å². The molecular formula is C25H22BrN9O3. The van der Waals surface area contributed by atoms with Gasteiger partial charge in [-0.25, -0.2) is 9.98 Å². The van der Waals surface area contributed by atoms with Crippen molar-refractivity contribution >= 4 is 50.8 Å². The summed E-state index contributed by atoms with van der Waals surface area (Å²) in [6, 6.07) is 11.8. The molecule has 1 atom stereocenters. The number of fused-ring (bicyclic) bond motifs is 1.